The van der Waals surface area contributed by atoms with E-state index in [0.29, 0.717) is 5.92 Å². The second-order valence-electron chi connectivity index (χ2n) is 6.22. The molecule has 0 fully saturated rings. The zero-order chi connectivity index (χ0) is 15.5. The van der Waals surface area contributed by atoms with Crippen molar-refractivity contribution in [3.8, 4) is 0 Å². The van der Waals surface area contributed by atoms with Gasteiger partial charge in [-0.3, -0.25) is 4.68 Å². The van der Waals surface area contributed by atoms with E-state index in [2.05, 4.69) is 47.9 Å². The molecule has 114 valence electrons. The van der Waals surface area contributed by atoms with E-state index in [4.69, 9.17) is 0 Å². The highest BCUT2D eigenvalue weighted by Gasteiger charge is 2.07. The molecule has 3 rings (SSSR count). The standard InChI is InChI=1S/C19H22N2O/c1-14(2)12-21-19-8-7-15(10-18(19)11-20-21)9-16-5-3-4-6-17(16)13-22/h3-8,10-11,14,22H,9,12-13H2,1-2H3. The Labute approximate surface area is 131 Å². The lowest BCUT2D eigenvalue weighted by Crippen LogP contribution is -2.05. The molecule has 0 aliphatic rings. The van der Waals surface area contributed by atoms with Crippen LogP contribution < -0.4 is 0 Å². The molecule has 3 aromatic rings. The average Bonchev–Trinajstić information content (AvgIpc) is 2.89. The van der Waals surface area contributed by atoms with Gasteiger partial charge in [-0.2, -0.15) is 5.10 Å². The first-order chi connectivity index (χ1) is 10.7. The summed E-state index contributed by atoms with van der Waals surface area (Å²) in [6.07, 6.45) is 2.78. The Bertz CT molecular complexity index is 774. The number of hydrogen-bond donors (Lipinski definition) is 1. The van der Waals surface area contributed by atoms with Gasteiger partial charge in [0, 0.05) is 11.9 Å². The average molecular weight is 294 g/mol. The normalized spacial score (nSPS) is 11.5. The lowest BCUT2D eigenvalue weighted by Gasteiger charge is -2.09. The Morgan fingerprint density at radius 1 is 1.09 bits per heavy atom. The molecular formula is C19H22N2O. The van der Waals surface area contributed by atoms with E-state index in [0.717, 1.165) is 18.5 Å². The second kappa shape index (κ2) is 6.32. The van der Waals surface area contributed by atoms with Gasteiger partial charge in [0.05, 0.1) is 18.3 Å². The summed E-state index contributed by atoms with van der Waals surface area (Å²) in [6, 6.07) is 14.6. The summed E-state index contributed by atoms with van der Waals surface area (Å²) in [5, 5.41) is 15.1. The smallest absolute Gasteiger partial charge is 0.0684 e. The van der Waals surface area contributed by atoms with Crippen molar-refractivity contribution in [1.82, 2.24) is 9.78 Å². The number of rotatable bonds is 5. The van der Waals surface area contributed by atoms with Crippen LogP contribution in [-0.2, 0) is 19.6 Å². The number of fused-ring (bicyclic) bond motifs is 1. The first-order valence-electron chi connectivity index (χ1n) is 7.79. The largest absolute Gasteiger partial charge is 0.392 e. The number of hydrogen-bond acceptors (Lipinski definition) is 2. The van der Waals surface area contributed by atoms with Crippen LogP contribution in [0.15, 0.2) is 48.7 Å². The van der Waals surface area contributed by atoms with Gasteiger partial charge < -0.3 is 5.11 Å². The molecule has 3 heteroatoms. The van der Waals surface area contributed by atoms with Gasteiger partial charge in [-0.05, 0) is 41.2 Å². The van der Waals surface area contributed by atoms with Crippen LogP contribution in [0.5, 0.6) is 0 Å². The summed E-state index contributed by atoms with van der Waals surface area (Å²) >= 11 is 0. The molecule has 0 saturated carbocycles. The third kappa shape index (κ3) is 3.04. The van der Waals surface area contributed by atoms with Crippen LogP contribution >= 0.6 is 0 Å². The first-order valence-corrected chi connectivity index (χ1v) is 7.79. The van der Waals surface area contributed by atoms with Crippen molar-refractivity contribution in [1.29, 1.82) is 0 Å². The minimum absolute atomic E-state index is 0.0880. The monoisotopic (exact) mass is 294 g/mol. The van der Waals surface area contributed by atoms with Gasteiger partial charge >= 0.3 is 0 Å². The summed E-state index contributed by atoms with van der Waals surface area (Å²) in [5.41, 5.74) is 4.61. The molecule has 22 heavy (non-hydrogen) atoms. The maximum Gasteiger partial charge on any atom is 0.0684 e. The molecule has 0 aliphatic heterocycles. The highest BCUT2D eigenvalue weighted by atomic mass is 16.3. The molecule has 3 nitrogen and oxygen atoms in total. The van der Waals surface area contributed by atoms with Gasteiger partial charge in [0.2, 0.25) is 0 Å². The number of aliphatic hydroxyl groups excluding tert-OH is 1. The molecule has 1 heterocycles. The molecule has 1 N–H and O–H groups in total. The summed E-state index contributed by atoms with van der Waals surface area (Å²) in [7, 11) is 0. The van der Waals surface area contributed by atoms with Crippen LogP contribution in [-0.4, -0.2) is 14.9 Å². The van der Waals surface area contributed by atoms with Crippen LogP contribution in [0.25, 0.3) is 10.9 Å². The van der Waals surface area contributed by atoms with Gasteiger partial charge in [0.1, 0.15) is 0 Å². The van der Waals surface area contributed by atoms with Crippen molar-refractivity contribution in [3.05, 3.63) is 65.4 Å². The van der Waals surface area contributed by atoms with Gasteiger partial charge in [-0.15, -0.1) is 0 Å². The Morgan fingerprint density at radius 3 is 2.59 bits per heavy atom. The predicted molar refractivity (Wildman–Crippen MR) is 89.7 cm³/mol. The van der Waals surface area contributed by atoms with Crippen molar-refractivity contribution < 1.29 is 5.11 Å². The first kappa shape index (κ1) is 14.8. The van der Waals surface area contributed by atoms with E-state index in [-0.39, 0.29) is 6.61 Å². The van der Waals surface area contributed by atoms with E-state index in [1.165, 1.54) is 22.0 Å². The van der Waals surface area contributed by atoms with E-state index in [9.17, 15) is 5.11 Å². The molecule has 0 amide bonds. The summed E-state index contributed by atoms with van der Waals surface area (Å²) in [5.74, 6) is 0.583. The Balaban J connectivity index is 1.89. The minimum atomic E-state index is 0.0880. The molecular weight excluding hydrogens is 272 g/mol. The fourth-order valence-corrected chi connectivity index (χ4v) is 2.84. The Morgan fingerprint density at radius 2 is 1.86 bits per heavy atom. The summed E-state index contributed by atoms with van der Waals surface area (Å²) in [4.78, 5) is 0. The van der Waals surface area contributed by atoms with E-state index < -0.39 is 0 Å². The van der Waals surface area contributed by atoms with Crippen molar-refractivity contribution in [2.24, 2.45) is 5.92 Å². The van der Waals surface area contributed by atoms with Gasteiger partial charge in [0.15, 0.2) is 0 Å². The maximum atomic E-state index is 9.44. The fourth-order valence-electron chi connectivity index (χ4n) is 2.84. The zero-order valence-corrected chi connectivity index (χ0v) is 13.2. The Kier molecular flexibility index (Phi) is 4.25. The van der Waals surface area contributed by atoms with Gasteiger partial charge in [0.25, 0.3) is 0 Å². The van der Waals surface area contributed by atoms with E-state index >= 15 is 0 Å². The van der Waals surface area contributed by atoms with Crippen molar-refractivity contribution in [2.45, 2.75) is 33.4 Å². The van der Waals surface area contributed by atoms with Crippen LogP contribution in [0.2, 0.25) is 0 Å². The third-order valence-electron chi connectivity index (χ3n) is 3.93. The number of benzene rings is 2. The van der Waals surface area contributed by atoms with Crippen LogP contribution in [0, 0.1) is 5.92 Å². The molecule has 0 spiro atoms. The zero-order valence-electron chi connectivity index (χ0n) is 13.2. The molecule has 2 aromatic carbocycles. The number of aromatic nitrogens is 2. The highest BCUT2D eigenvalue weighted by molar-refractivity contribution is 5.79. The second-order valence-corrected chi connectivity index (χ2v) is 6.22. The minimum Gasteiger partial charge on any atom is -0.392 e. The lowest BCUT2D eigenvalue weighted by atomic mass is 9.99. The number of nitrogens with zero attached hydrogens (tertiary/aromatic N) is 2. The quantitative estimate of drug-likeness (QED) is 0.777. The van der Waals surface area contributed by atoms with Crippen molar-refractivity contribution in [2.75, 3.05) is 0 Å². The van der Waals surface area contributed by atoms with E-state index in [1.54, 1.807) is 0 Å². The van der Waals surface area contributed by atoms with Crippen LogP contribution in [0.1, 0.15) is 30.5 Å². The predicted octanol–water partition coefficient (Wildman–Crippen LogP) is 3.78. The number of aliphatic hydroxyl groups is 1. The van der Waals surface area contributed by atoms with Crippen LogP contribution in [0.4, 0.5) is 0 Å². The lowest BCUT2D eigenvalue weighted by molar-refractivity contribution is 0.281. The third-order valence-corrected chi connectivity index (χ3v) is 3.93. The van der Waals surface area contributed by atoms with Crippen molar-refractivity contribution >= 4 is 10.9 Å². The van der Waals surface area contributed by atoms with Crippen LogP contribution in [0.3, 0.4) is 0 Å². The Hall–Kier alpha value is -2.13. The van der Waals surface area contributed by atoms with Gasteiger partial charge in [-0.25, -0.2) is 0 Å². The molecule has 0 saturated heterocycles. The maximum absolute atomic E-state index is 9.44. The fraction of sp³-hybridized carbons (Fsp3) is 0.316. The SMILES string of the molecule is CC(C)Cn1ncc2cc(Cc3ccccc3CO)ccc21. The molecule has 0 bridgehead atoms. The van der Waals surface area contributed by atoms with E-state index in [1.807, 2.05) is 24.4 Å². The topological polar surface area (TPSA) is 38.0 Å². The summed E-state index contributed by atoms with van der Waals surface area (Å²) in [6.45, 7) is 5.43. The van der Waals surface area contributed by atoms with Crippen molar-refractivity contribution in [3.63, 3.8) is 0 Å². The molecule has 0 aliphatic carbocycles. The molecule has 0 unspecified atom stereocenters. The molecule has 1 aromatic heterocycles. The highest BCUT2D eigenvalue weighted by Crippen LogP contribution is 2.20. The molecule has 0 atom stereocenters. The summed E-state index contributed by atoms with van der Waals surface area (Å²) < 4.78 is 2.07. The molecule has 0 radical (unpaired) electrons. The van der Waals surface area contributed by atoms with Gasteiger partial charge in [-0.1, -0.05) is 44.2 Å².